The van der Waals surface area contributed by atoms with Crippen molar-refractivity contribution in [2.45, 2.75) is 16.7 Å². The van der Waals surface area contributed by atoms with Crippen molar-refractivity contribution in [3.8, 4) is 5.75 Å². The summed E-state index contributed by atoms with van der Waals surface area (Å²) in [5, 5.41) is 21.9. The SMILES string of the molecule is Cc1ccc(S(=O)(=O)Oc2ccc(N=Nc3ccc(Nc4ccc([N+](=O)[O-])cc4S(=O)(=O)O)cc3)cc2)cc1. The lowest BCUT2D eigenvalue weighted by Crippen LogP contribution is -2.09. The van der Waals surface area contributed by atoms with Gasteiger partial charge in [-0.25, -0.2) is 0 Å². The zero-order valence-corrected chi connectivity index (χ0v) is 21.8. The van der Waals surface area contributed by atoms with Crippen LogP contribution in [0.15, 0.2) is 111 Å². The zero-order valence-electron chi connectivity index (χ0n) is 20.1. The lowest BCUT2D eigenvalue weighted by molar-refractivity contribution is -0.385. The highest BCUT2D eigenvalue weighted by Crippen LogP contribution is 2.30. The first kappa shape index (κ1) is 27.4. The molecule has 0 heterocycles. The van der Waals surface area contributed by atoms with Crippen molar-refractivity contribution in [3.63, 3.8) is 0 Å². The fourth-order valence-corrected chi connectivity index (χ4v) is 4.87. The van der Waals surface area contributed by atoms with Crippen LogP contribution >= 0.6 is 0 Å². The Hall–Kier alpha value is -4.66. The number of azo groups is 1. The lowest BCUT2D eigenvalue weighted by atomic mass is 10.2. The highest BCUT2D eigenvalue weighted by atomic mass is 32.2. The van der Waals surface area contributed by atoms with E-state index in [-0.39, 0.29) is 16.3 Å². The van der Waals surface area contributed by atoms with E-state index in [4.69, 9.17) is 4.18 Å². The van der Waals surface area contributed by atoms with E-state index in [0.717, 1.165) is 17.7 Å². The summed E-state index contributed by atoms with van der Waals surface area (Å²) in [5.74, 6) is 0.112. The molecule has 14 heteroatoms. The van der Waals surface area contributed by atoms with Gasteiger partial charge in [-0.3, -0.25) is 14.7 Å². The van der Waals surface area contributed by atoms with Crippen molar-refractivity contribution in [1.82, 2.24) is 0 Å². The standard InChI is InChI=1S/C25H20N4O8S2/c1-17-2-13-23(14-3-17)39(35,36)37-22-11-8-20(9-12-22)28-27-19-6-4-18(5-7-19)26-24-15-10-21(29(30)31)16-25(24)38(32,33)34/h2-16,26H,1H3,(H,32,33,34). The van der Waals surface area contributed by atoms with Gasteiger partial charge >= 0.3 is 10.1 Å². The summed E-state index contributed by atoms with van der Waals surface area (Å²) in [7, 11) is -8.71. The van der Waals surface area contributed by atoms with Gasteiger partial charge in [-0.05, 0) is 73.7 Å². The number of benzene rings is 4. The second kappa shape index (κ2) is 11.0. The highest BCUT2D eigenvalue weighted by molar-refractivity contribution is 7.87. The molecule has 0 aromatic heterocycles. The molecule has 39 heavy (non-hydrogen) atoms. The summed E-state index contributed by atoms with van der Waals surface area (Å²) in [4.78, 5) is 9.57. The van der Waals surface area contributed by atoms with Crippen molar-refractivity contribution in [3.05, 3.63) is 107 Å². The van der Waals surface area contributed by atoms with Gasteiger partial charge in [0.15, 0.2) is 0 Å². The third kappa shape index (κ3) is 7.01. The molecule has 12 nitrogen and oxygen atoms in total. The third-order valence-electron chi connectivity index (χ3n) is 5.23. The molecule has 4 aromatic carbocycles. The Balaban J connectivity index is 1.43. The molecule has 4 aromatic rings. The van der Waals surface area contributed by atoms with Crippen molar-refractivity contribution < 1.29 is 30.5 Å². The summed E-state index contributed by atoms with van der Waals surface area (Å²) in [6.45, 7) is 1.85. The van der Waals surface area contributed by atoms with Crippen LogP contribution in [0.25, 0.3) is 0 Å². The molecule has 0 atom stereocenters. The molecule has 0 bridgehead atoms. The zero-order chi connectivity index (χ0) is 28.2. The smallest absolute Gasteiger partial charge is 0.339 e. The number of hydrogen-bond donors (Lipinski definition) is 2. The Bertz CT molecular complexity index is 1750. The largest absolute Gasteiger partial charge is 0.379 e. The van der Waals surface area contributed by atoms with Crippen LogP contribution in [0.2, 0.25) is 0 Å². The van der Waals surface area contributed by atoms with Crippen LogP contribution in [0.5, 0.6) is 5.75 Å². The Morgan fingerprint density at radius 3 is 1.92 bits per heavy atom. The molecule has 0 saturated carbocycles. The number of nitro benzene ring substituents is 1. The van der Waals surface area contributed by atoms with E-state index < -0.39 is 35.7 Å². The first-order chi connectivity index (χ1) is 18.4. The average molecular weight is 569 g/mol. The van der Waals surface area contributed by atoms with E-state index in [1.807, 2.05) is 6.92 Å². The molecule has 0 saturated heterocycles. The maximum atomic E-state index is 12.4. The minimum atomic E-state index is -4.73. The second-order valence-electron chi connectivity index (χ2n) is 8.13. The third-order valence-corrected chi connectivity index (χ3v) is 7.39. The van der Waals surface area contributed by atoms with E-state index in [0.29, 0.717) is 17.1 Å². The number of aryl methyl sites for hydroxylation is 1. The van der Waals surface area contributed by atoms with Crippen LogP contribution < -0.4 is 9.50 Å². The van der Waals surface area contributed by atoms with E-state index in [2.05, 4.69) is 15.5 Å². The molecule has 0 aliphatic carbocycles. The monoisotopic (exact) mass is 568 g/mol. The van der Waals surface area contributed by atoms with Gasteiger partial charge in [-0.1, -0.05) is 17.7 Å². The number of nitro groups is 1. The van der Waals surface area contributed by atoms with Gasteiger partial charge < -0.3 is 9.50 Å². The van der Waals surface area contributed by atoms with Crippen molar-refractivity contribution >= 4 is 48.7 Å². The predicted octanol–water partition coefficient (Wildman–Crippen LogP) is 6.08. The highest BCUT2D eigenvalue weighted by Gasteiger charge is 2.20. The Labute approximate surface area is 223 Å². The van der Waals surface area contributed by atoms with E-state index in [1.165, 1.54) is 42.5 Å². The summed E-state index contributed by atoms with van der Waals surface area (Å²) >= 11 is 0. The maximum Gasteiger partial charge on any atom is 0.339 e. The first-order valence-electron chi connectivity index (χ1n) is 11.1. The summed E-state index contributed by atoms with van der Waals surface area (Å²) < 4.78 is 62.8. The number of anilines is 2. The summed E-state index contributed by atoms with van der Waals surface area (Å²) in [6, 6.07) is 21.6. The molecule has 0 aliphatic rings. The van der Waals surface area contributed by atoms with E-state index in [1.54, 1.807) is 36.4 Å². The number of nitrogens with one attached hydrogen (secondary N) is 1. The molecule has 0 radical (unpaired) electrons. The fourth-order valence-electron chi connectivity index (χ4n) is 3.27. The number of nitrogens with zero attached hydrogens (tertiary/aromatic N) is 3. The van der Waals surface area contributed by atoms with Gasteiger partial charge in [0, 0.05) is 17.8 Å². The second-order valence-corrected chi connectivity index (χ2v) is 11.1. The van der Waals surface area contributed by atoms with Gasteiger partial charge in [0.1, 0.15) is 15.5 Å². The summed E-state index contributed by atoms with van der Waals surface area (Å²) in [6.07, 6.45) is 0. The van der Waals surface area contributed by atoms with Gasteiger partial charge in [-0.2, -0.15) is 27.1 Å². The predicted molar refractivity (Wildman–Crippen MR) is 142 cm³/mol. The Kier molecular flexibility index (Phi) is 7.71. The molecule has 0 fully saturated rings. The van der Waals surface area contributed by atoms with Crippen LogP contribution in [0.1, 0.15) is 5.56 Å². The minimum Gasteiger partial charge on any atom is -0.379 e. The quantitative estimate of drug-likeness (QED) is 0.0796. The van der Waals surface area contributed by atoms with E-state index in [9.17, 15) is 31.5 Å². The van der Waals surface area contributed by atoms with Crippen LogP contribution in [-0.2, 0) is 20.2 Å². The molecule has 0 unspecified atom stereocenters. The maximum absolute atomic E-state index is 12.4. The molecule has 2 N–H and O–H groups in total. The Morgan fingerprint density at radius 2 is 1.38 bits per heavy atom. The fraction of sp³-hybridized carbons (Fsp3) is 0.0400. The van der Waals surface area contributed by atoms with E-state index >= 15 is 0 Å². The van der Waals surface area contributed by atoms with Crippen LogP contribution in [0.4, 0.5) is 28.4 Å². The molecule has 0 amide bonds. The Morgan fingerprint density at radius 1 is 0.821 bits per heavy atom. The van der Waals surface area contributed by atoms with Crippen molar-refractivity contribution in [1.29, 1.82) is 0 Å². The molecular formula is C25H20N4O8S2. The van der Waals surface area contributed by atoms with Gasteiger partial charge in [0.25, 0.3) is 15.8 Å². The lowest BCUT2D eigenvalue weighted by Gasteiger charge is -2.10. The van der Waals surface area contributed by atoms with Crippen LogP contribution in [-0.4, -0.2) is 26.3 Å². The van der Waals surface area contributed by atoms with Crippen LogP contribution in [0, 0.1) is 17.0 Å². The van der Waals surface area contributed by atoms with Crippen molar-refractivity contribution in [2.24, 2.45) is 10.2 Å². The van der Waals surface area contributed by atoms with Crippen molar-refractivity contribution in [2.75, 3.05) is 5.32 Å². The number of hydrogen-bond acceptors (Lipinski definition) is 10. The molecule has 200 valence electrons. The first-order valence-corrected chi connectivity index (χ1v) is 13.9. The number of non-ortho nitro benzene ring substituents is 1. The van der Waals surface area contributed by atoms with Crippen LogP contribution in [0.3, 0.4) is 0 Å². The molecule has 4 rings (SSSR count). The average Bonchev–Trinajstić information content (AvgIpc) is 2.88. The molecule has 0 spiro atoms. The van der Waals surface area contributed by atoms with Gasteiger partial charge in [0.05, 0.1) is 22.0 Å². The normalized spacial score (nSPS) is 11.8. The van der Waals surface area contributed by atoms with Gasteiger partial charge in [0.2, 0.25) is 0 Å². The minimum absolute atomic E-state index is 0.0394. The topological polar surface area (TPSA) is 178 Å². The molecule has 0 aliphatic heterocycles. The van der Waals surface area contributed by atoms with Gasteiger partial charge in [-0.15, -0.1) is 0 Å². The molecular weight excluding hydrogens is 548 g/mol. The summed E-state index contributed by atoms with van der Waals surface area (Å²) in [5.41, 5.74) is 1.68. The number of rotatable bonds is 9.